The molecule has 0 spiro atoms. The van der Waals surface area contributed by atoms with Gasteiger partial charge in [-0.1, -0.05) is 25.3 Å². The molecule has 0 saturated heterocycles. The molecular weight excluding hydrogens is 312 g/mol. The third kappa shape index (κ3) is 6.81. The summed E-state index contributed by atoms with van der Waals surface area (Å²) in [6.45, 7) is 3.50. The Bertz CT molecular complexity index is 564. The molecule has 4 nitrogen and oxygen atoms in total. The minimum atomic E-state index is -2.87. The number of hydrogen-bond acceptors (Lipinski definition) is 4. The Labute approximate surface area is 141 Å². The third-order valence-electron chi connectivity index (χ3n) is 4.06. The molecule has 0 aliphatic rings. The number of sulfone groups is 1. The first-order valence-electron chi connectivity index (χ1n) is 8.33. The fourth-order valence-electron chi connectivity index (χ4n) is 2.43. The van der Waals surface area contributed by atoms with Crippen LogP contribution in [0.4, 0.5) is 0 Å². The van der Waals surface area contributed by atoms with Gasteiger partial charge < -0.3 is 9.47 Å². The van der Waals surface area contributed by atoms with E-state index in [0.29, 0.717) is 5.75 Å². The summed E-state index contributed by atoms with van der Waals surface area (Å²) in [5.41, 5.74) is 1.24. The SMILES string of the molecule is COc1ccc(CCCCCCCS(=O)(=O)C(C)C)cc1OC. The van der Waals surface area contributed by atoms with Crippen molar-refractivity contribution in [1.82, 2.24) is 0 Å². The number of hydrogen-bond donors (Lipinski definition) is 0. The van der Waals surface area contributed by atoms with Crippen molar-refractivity contribution in [2.45, 2.75) is 57.6 Å². The Balaban J connectivity index is 2.23. The Hall–Kier alpha value is -1.23. The molecule has 1 rings (SSSR count). The van der Waals surface area contributed by atoms with E-state index >= 15 is 0 Å². The summed E-state index contributed by atoms with van der Waals surface area (Å²) in [6, 6.07) is 6.02. The van der Waals surface area contributed by atoms with E-state index in [0.717, 1.165) is 50.0 Å². The summed E-state index contributed by atoms with van der Waals surface area (Å²) in [6.07, 6.45) is 6.07. The van der Waals surface area contributed by atoms with E-state index in [2.05, 4.69) is 6.07 Å². The molecule has 0 saturated carbocycles. The second kappa shape index (κ2) is 9.81. The van der Waals surface area contributed by atoms with Gasteiger partial charge in [0.25, 0.3) is 0 Å². The lowest BCUT2D eigenvalue weighted by Gasteiger charge is -2.09. The average molecular weight is 343 g/mol. The largest absolute Gasteiger partial charge is 0.493 e. The highest BCUT2D eigenvalue weighted by atomic mass is 32.2. The van der Waals surface area contributed by atoms with Crippen LogP contribution in [0.25, 0.3) is 0 Å². The van der Waals surface area contributed by atoms with Gasteiger partial charge in [0.05, 0.1) is 25.2 Å². The first kappa shape index (κ1) is 19.8. The lowest BCUT2D eigenvalue weighted by Crippen LogP contribution is -2.17. The summed E-state index contributed by atoms with van der Waals surface area (Å²) < 4.78 is 33.9. The molecule has 0 radical (unpaired) electrons. The standard InChI is InChI=1S/C18H30O4S/c1-15(2)23(19,20)13-9-7-5-6-8-10-16-11-12-17(21-3)18(14-16)22-4/h11-12,14-15H,5-10,13H2,1-4H3. The Morgan fingerprint density at radius 3 is 2.13 bits per heavy atom. The summed E-state index contributed by atoms with van der Waals surface area (Å²) >= 11 is 0. The lowest BCUT2D eigenvalue weighted by molar-refractivity contribution is 0.354. The topological polar surface area (TPSA) is 52.6 Å². The van der Waals surface area contributed by atoms with Crippen LogP contribution in [-0.4, -0.2) is 33.6 Å². The van der Waals surface area contributed by atoms with E-state index < -0.39 is 9.84 Å². The summed E-state index contributed by atoms with van der Waals surface area (Å²) in [4.78, 5) is 0. The zero-order valence-electron chi connectivity index (χ0n) is 14.8. The molecule has 1 aromatic rings. The van der Waals surface area contributed by atoms with Gasteiger partial charge in [-0.25, -0.2) is 8.42 Å². The maximum atomic E-state index is 11.7. The maximum absolute atomic E-state index is 11.7. The minimum Gasteiger partial charge on any atom is -0.493 e. The van der Waals surface area contributed by atoms with Crippen molar-refractivity contribution >= 4 is 9.84 Å². The number of unbranched alkanes of at least 4 members (excludes halogenated alkanes) is 4. The van der Waals surface area contributed by atoms with Crippen LogP contribution in [-0.2, 0) is 16.3 Å². The van der Waals surface area contributed by atoms with E-state index in [1.165, 1.54) is 5.56 Å². The fraction of sp³-hybridized carbons (Fsp3) is 0.667. The Kier molecular flexibility index (Phi) is 8.45. The van der Waals surface area contributed by atoms with Crippen LogP contribution in [0.5, 0.6) is 11.5 Å². The number of benzene rings is 1. The molecule has 0 unspecified atom stereocenters. The predicted octanol–water partition coefficient (Wildman–Crippen LogP) is 4.02. The molecular formula is C18H30O4S. The van der Waals surface area contributed by atoms with Crippen LogP contribution in [0, 0.1) is 0 Å². The van der Waals surface area contributed by atoms with E-state index in [1.807, 2.05) is 12.1 Å². The molecule has 0 heterocycles. The molecule has 0 aliphatic heterocycles. The first-order chi connectivity index (χ1) is 10.9. The van der Waals surface area contributed by atoms with Gasteiger partial charge in [0.2, 0.25) is 0 Å². The monoisotopic (exact) mass is 342 g/mol. The highest BCUT2D eigenvalue weighted by Crippen LogP contribution is 2.28. The quantitative estimate of drug-likeness (QED) is 0.570. The molecule has 1 aromatic carbocycles. The molecule has 0 atom stereocenters. The zero-order valence-corrected chi connectivity index (χ0v) is 15.6. The van der Waals surface area contributed by atoms with Crippen molar-refractivity contribution in [3.8, 4) is 11.5 Å². The predicted molar refractivity (Wildman–Crippen MR) is 95.3 cm³/mol. The van der Waals surface area contributed by atoms with Crippen LogP contribution in [0.1, 0.15) is 51.5 Å². The van der Waals surface area contributed by atoms with E-state index in [9.17, 15) is 8.42 Å². The highest BCUT2D eigenvalue weighted by molar-refractivity contribution is 7.91. The molecule has 23 heavy (non-hydrogen) atoms. The maximum Gasteiger partial charge on any atom is 0.160 e. The molecule has 0 bridgehead atoms. The van der Waals surface area contributed by atoms with Crippen LogP contribution >= 0.6 is 0 Å². The fourth-order valence-corrected chi connectivity index (χ4v) is 3.51. The molecule has 5 heteroatoms. The summed E-state index contributed by atoms with van der Waals surface area (Å²) in [5.74, 6) is 1.84. The van der Waals surface area contributed by atoms with Crippen molar-refractivity contribution in [2.75, 3.05) is 20.0 Å². The third-order valence-corrected chi connectivity index (χ3v) is 6.35. The van der Waals surface area contributed by atoms with Crippen LogP contribution in [0.2, 0.25) is 0 Å². The van der Waals surface area contributed by atoms with Crippen molar-refractivity contribution in [3.63, 3.8) is 0 Å². The van der Waals surface area contributed by atoms with Gasteiger partial charge >= 0.3 is 0 Å². The Morgan fingerprint density at radius 2 is 1.52 bits per heavy atom. The van der Waals surface area contributed by atoms with E-state index in [4.69, 9.17) is 9.47 Å². The van der Waals surface area contributed by atoms with Gasteiger partial charge in [0.1, 0.15) is 0 Å². The van der Waals surface area contributed by atoms with Crippen LogP contribution in [0.15, 0.2) is 18.2 Å². The number of rotatable bonds is 11. The molecule has 0 amide bonds. The second-order valence-electron chi connectivity index (χ2n) is 6.12. The molecule has 0 aliphatic carbocycles. The molecule has 0 aromatic heterocycles. The minimum absolute atomic E-state index is 0.257. The van der Waals surface area contributed by atoms with Gasteiger partial charge in [-0.05, 0) is 50.8 Å². The number of methoxy groups -OCH3 is 2. The highest BCUT2D eigenvalue weighted by Gasteiger charge is 2.14. The molecule has 0 N–H and O–H groups in total. The van der Waals surface area contributed by atoms with Gasteiger partial charge in [0, 0.05) is 0 Å². The van der Waals surface area contributed by atoms with E-state index in [1.54, 1.807) is 28.1 Å². The average Bonchev–Trinajstić information content (AvgIpc) is 2.53. The van der Waals surface area contributed by atoms with Gasteiger partial charge in [-0.3, -0.25) is 0 Å². The van der Waals surface area contributed by atoms with Gasteiger partial charge in [0.15, 0.2) is 21.3 Å². The second-order valence-corrected chi connectivity index (χ2v) is 8.80. The van der Waals surface area contributed by atoms with Gasteiger partial charge in [-0.15, -0.1) is 0 Å². The van der Waals surface area contributed by atoms with Crippen molar-refractivity contribution < 1.29 is 17.9 Å². The van der Waals surface area contributed by atoms with Crippen LogP contribution < -0.4 is 9.47 Å². The first-order valence-corrected chi connectivity index (χ1v) is 10.0. The zero-order chi connectivity index (χ0) is 17.3. The molecule has 0 fully saturated rings. The van der Waals surface area contributed by atoms with Crippen molar-refractivity contribution in [2.24, 2.45) is 0 Å². The normalized spacial score (nSPS) is 11.7. The van der Waals surface area contributed by atoms with Crippen LogP contribution in [0.3, 0.4) is 0 Å². The number of aryl methyl sites for hydroxylation is 1. The molecule has 132 valence electrons. The lowest BCUT2D eigenvalue weighted by atomic mass is 10.1. The van der Waals surface area contributed by atoms with E-state index in [-0.39, 0.29) is 5.25 Å². The number of ether oxygens (including phenoxy) is 2. The summed E-state index contributed by atoms with van der Waals surface area (Å²) in [5, 5.41) is -0.257. The van der Waals surface area contributed by atoms with Crippen molar-refractivity contribution in [1.29, 1.82) is 0 Å². The summed E-state index contributed by atoms with van der Waals surface area (Å²) in [7, 11) is 0.408. The van der Waals surface area contributed by atoms with Gasteiger partial charge in [-0.2, -0.15) is 0 Å². The Morgan fingerprint density at radius 1 is 0.913 bits per heavy atom. The van der Waals surface area contributed by atoms with Crippen molar-refractivity contribution in [3.05, 3.63) is 23.8 Å². The smallest absolute Gasteiger partial charge is 0.160 e.